The number of H-pyrrole nitrogens is 1. The molecule has 2 N–H and O–H groups in total. The van der Waals surface area contributed by atoms with E-state index in [1.54, 1.807) is 12.1 Å². The summed E-state index contributed by atoms with van der Waals surface area (Å²) in [5.74, 6) is -0.219. The Bertz CT molecular complexity index is 1350. The van der Waals surface area contributed by atoms with Crippen LogP contribution in [0.2, 0.25) is 0 Å². The van der Waals surface area contributed by atoms with Crippen LogP contribution in [0.15, 0.2) is 58.4 Å². The van der Waals surface area contributed by atoms with Crippen molar-refractivity contribution in [3.8, 4) is 6.07 Å². The van der Waals surface area contributed by atoms with E-state index in [2.05, 4.69) is 9.71 Å². The lowest BCUT2D eigenvalue weighted by Crippen LogP contribution is -2.31. The van der Waals surface area contributed by atoms with Gasteiger partial charge in [-0.2, -0.15) is 5.26 Å². The van der Waals surface area contributed by atoms with Crippen LogP contribution in [0.5, 0.6) is 0 Å². The molecule has 2 aromatic carbocycles. The number of nitrogens with zero attached hydrogens (tertiary/aromatic N) is 2. The second kappa shape index (κ2) is 9.24. The lowest BCUT2D eigenvalue weighted by molar-refractivity contribution is 0.0796. The van der Waals surface area contributed by atoms with Crippen molar-refractivity contribution in [1.82, 2.24) is 9.88 Å². The second-order valence-electron chi connectivity index (χ2n) is 7.76. The minimum absolute atomic E-state index is 0.0857. The molecule has 0 aliphatic heterocycles. The van der Waals surface area contributed by atoms with Crippen molar-refractivity contribution in [1.29, 1.82) is 5.26 Å². The molecule has 0 unspecified atom stereocenters. The smallest absolute Gasteiger partial charge is 0.261 e. The number of hydrogen-bond acceptors (Lipinski definition) is 5. The molecule has 3 aromatic rings. The Balaban J connectivity index is 1.95. The van der Waals surface area contributed by atoms with Crippen LogP contribution in [-0.4, -0.2) is 37.8 Å². The third-order valence-electron chi connectivity index (χ3n) is 5.13. The first-order valence-electron chi connectivity index (χ1n) is 10.0. The Kier molecular flexibility index (Phi) is 6.65. The van der Waals surface area contributed by atoms with E-state index in [-0.39, 0.29) is 28.8 Å². The van der Waals surface area contributed by atoms with Crippen LogP contribution in [0.4, 0.5) is 5.69 Å². The number of nitriles is 1. The highest BCUT2D eigenvalue weighted by atomic mass is 32.2. The van der Waals surface area contributed by atoms with Gasteiger partial charge in [0, 0.05) is 36.4 Å². The van der Waals surface area contributed by atoms with E-state index in [1.807, 2.05) is 32.0 Å². The molecule has 1 amide bonds. The Labute approximate surface area is 186 Å². The summed E-state index contributed by atoms with van der Waals surface area (Å²) in [5, 5.41) is 8.78. The highest BCUT2D eigenvalue weighted by Gasteiger charge is 2.20. The van der Waals surface area contributed by atoms with Gasteiger partial charge in [-0.25, -0.2) is 8.42 Å². The van der Waals surface area contributed by atoms with E-state index in [4.69, 9.17) is 5.26 Å². The van der Waals surface area contributed by atoms with Gasteiger partial charge in [-0.1, -0.05) is 26.0 Å². The summed E-state index contributed by atoms with van der Waals surface area (Å²) in [4.78, 5) is 29.6. The molecule has 3 rings (SSSR count). The van der Waals surface area contributed by atoms with E-state index in [9.17, 15) is 18.0 Å². The van der Waals surface area contributed by atoms with Crippen molar-refractivity contribution in [2.75, 3.05) is 18.3 Å². The molecule has 0 aliphatic rings. The molecule has 0 radical (unpaired) electrons. The van der Waals surface area contributed by atoms with Crippen LogP contribution in [0.25, 0.3) is 10.9 Å². The number of rotatable bonds is 7. The second-order valence-corrected chi connectivity index (χ2v) is 9.44. The fourth-order valence-corrected chi connectivity index (χ4v) is 4.28. The monoisotopic (exact) mass is 452 g/mol. The van der Waals surface area contributed by atoms with Crippen molar-refractivity contribution in [3.63, 3.8) is 0 Å². The summed E-state index contributed by atoms with van der Waals surface area (Å²) >= 11 is 0. The summed E-state index contributed by atoms with van der Waals surface area (Å²) in [6.07, 6.45) is 1.44. The van der Waals surface area contributed by atoms with Gasteiger partial charge in [-0.15, -0.1) is 0 Å². The number of fused-ring (bicyclic) bond motifs is 1. The van der Waals surface area contributed by atoms with Crippen molar-refractivity contribution in [3.05, 3.63) is 70.0 Å². The molecule has 0 aliphatic carbocycles. The van der Waals surface area contributed by atoms with Gasteiger partial charge in [0.2, 0.25) is 5.43 Å². The van der Waals surface area contributed by atoms with E-state index >= 15 is 0 Å². The first kappa shape index (κ1) is 23.0. The maximum Gasteiger partial charge on any atom is 0.261 e. The minimum atomic E-state index is -3.95. The minimum Gasteiger partial charge on any atom is -0.360 e. The number of pyridine rings is 1. The fourth-order valence-electron chi connectivity index (χ4n) is 3.20. The molecule has 1 aromatic heterocycles. The zero-order valence-corrected chi connectivity index (χ0v) is 18.9. The summed E-state index contributed by atoms with van der Waals surface area (Å²) in [7, 11) is -2.45. The molecule has 0 bridgehead atoms. The van der Waals surface area contributed by atoms with Gasteiger partial charge in [0.05, 0.1) is 17.4 Å². The van der Waals surface area contributed by atoms with E-state index in [0.29, 0.717) is 17.1 Å². The summed E-state index contributed by atoms with van der Waals surface area (Å²) in [6, 6.07) is 13.2. The van der Waals surface area contributed by atoms with Crippen molar-refractivity contribution in [2.45, 2.75) is 31.1 Å². The molecular formula is C23H24N4O4S. The normalized spacial score (nSPS) is 11.3. The number of nitrogens with one attached hydrogen (secondary N) is 2. The molecule has 9 heteroatoms. The van der Waals surface area contributed by atoms with E-state index in [1.165, 1.54) is 36.3 Å². The number of aromatic amines is 1. The average molecular weight is 453 g/mol. The van der Waals surface area contributed by atoms with Gasteiger partial charge in [0.25, 0.3) is 15.9 Å². The predicted octanol–water partition coefficient (Wildman–Crippen LogP) is 3.44. The number of hydrogen-bond donors (Lipinski definition) is 2. The third-order valence-corrected chi connectivity index (χ3v) is 6.51. The van der Waals surface area contributed by atoms with E-state index < -0.39 is 21.4 Å². The van der Waals surface area contributed by atoms with Crippen molar-refractivity contribution < 1.29 is 13.2 Å². The van der Waals surface area contributed by atoms with Crippen LogP contribution in [0.3, 0.4) is 0 Å². The lowest BCUT2D eigenvalue weighted by Gasteiger charge is -2.15. The van der Waals surface area contributed by atoms with Crippen molar-refractivity contribution >= 4 is 32.5 Å². The number of anilines is 1. The molecule has 1 heterocycles. The maximum atomic E-state index is 12.9. The summed E-state index contributed by atoms with van der Waals surface area (Å²) in [6.45, 7) is 4.28. The molecule has 0 spiro atoms. The number of benzene rings is 2. The largest absolute Gasteiger partial charge is 0.360 e. The molecular weight excluding hydrogens is 428 g/mol. The van der Waals surface area contributed by atoms with Crippen LogP contribution in [-0.2, 0) is 10.0 Å². The fraction of sp³-hybridized carbons (Fsp3) is 0.261. The van der Waals surface area contributed by atoms with Gasteiger partial charge in [0.1, 0.15) is 5.56 Å². The number of sulfonamides is 1. The molecule has 32 heavy (non-hydrogen) atoms. The summed E-state index contributed by atoms with van der Waals surface area (Å²) in [5.41, 5.74) is 1.20. The number of amides is 1. The number of carbonyl (C=O) groups is 1. The van der Waals surface area contributed by atoms with Gasteiger partial charge >= 0.3 is 0 Å². The van der Waals surface area contributed by atoms with Gasteiger partial charge in [0.15, 0.2) is 0 Å². The molecule has 0 saturated carbocycles. The highest BCUT2D eigenvalue weighted by Crippen LogP contribution is 2.22. The van der Waals surface area contributed by atoms with Crippen molar-refractivity contribution in [2.24, 2.45) is 0 Å². The molecule has 0 fully saturated rings. The SMILES string of the molecule is CC(C)c1ccc(NS(=O)(=O)c2ccc3[nH]cc(C(=O)N(C)CCC#N)c(=O)c3c2)cc1. The molecule has 0 atom stereocenters. The van der Waals surface area contributed by atoms with Crippen LogP contribution >= 0.6 is 0 Å². The zero-order valence-electron chi connectivity index (χ0n) is 18.0. The zero-order chi connectivity index (χ0) is 23.5. The Morgan fingerprint density at radius 2 is 1.88 bits per heavy atom. The maximum absolute atomic E-state index is 12.9. The summed E-state index contributed by atoms with van der Waals surface area (Å²) < 4.78 is 28.3. The van der Waals surface area contributed by atoms with Gasteiger partial charge < -0.3 is 9.88 Å². The molecule has 166 valence electrons. The lowest BCUT2D eigenvalue weighted by atomic mass is 10.0. The predicted molar refractivity (Wildman–Crippen MR) is 123 cm³/mol. The van der Waals surface area contributed by atoms with Crippen LogP contribution < -0.4 is 10.2 Å². The molecule has 0 saturated heterocycles. The van der Waals surface area contributed by atoms with Crippen LogP contribution in [0, 0.1) is 11.3 Å². The Morgan fingerprint density at radius 1 is 1.19 bits per heavy atom. The first-order chi connectivity index (χ1) is 15.1. The highest BCUT2D eigenvalue weighted by molar-refractivity contribution is 7.92. The average Bonchev–Trinajstić information content (AvgIpc) is 2.77. The quantitative estimate of drug-likeness (QED) is 0.568. The molecule has 8 nitrogen and oxygen atoms in total. The number of aromatic nitrogens is 1. The van der Waals surface area contributed by atoms with Gasteiger partial charge in [-0.05, 0) is 41.8 Å². The van der Waals surface area contributed by atoms with Gasteiger partial charge in [-0.3, -0.25) is 14.3 Å². The van der Waals surface area contributed by atoms with Crippen LogP contribution in [0.1, 0.15) is 42.1 Å². The Hall–Kier alpha value is -3.64. The third kappa shape index (κ3) is 4.81. The standard InChI is InChI=1S/C23H24N4O4S/c1-15(2)16-5-7-17(8-6-16)26-32(30,31)18-9-10-21-19(13-18)22(28)20(14-25-21)23(29)27(3)12-4-11-24/h5-10,13-15,26H,4,12H2,1-3H3,(H,25,28). The first-order valence-corrected chi connectivity index (χ1v) is 11.5. The Morgan fingerprint density at radius 3 is 2.50 bits per heavy atom. The number of carbonyl (C=O) groups excluding carboxylic acids is 1. The van der Waals surface area contributed by atoms with E-state index in [0.717, 1.165) is 5.56 Å². The topological polar surface area (TPSA) is 123 Å².